The fourth-order valence-corrected chi connectivity index (χ4v) is 6.30. The number of fused-ring (bicyclic) bond motifs is 1. The molecule has 1 aliphatic heterocycles. The first kappa shape index (κ1) is 24.3. The molecule has 2 heterocycles. The fourth-order valence-electron chi connectivity index (χ4n) is 4.06. The van der Waals surface area contributed by atoms with Gasteiger partial charge in [0.05, 0.1) is 17.9 Å². The molecule has 4 rings (SSSR count). The van der Waals surface area contributed by atoms with Gasteiger partial charge in [0.15, 0.2) is 0 Å². The Morgan fingerprint density at radius 3 is 2.59 bits per heavy atom. The van der Waals surface area contributed by atoms with Gasteiger partial charge < -0.3 is 15.8 Å². The van der Waals surface area contributed by atoms with Crippen LogP contribution in [0.2, 0.25) is 0 Å². The van der Waals surface area contributed by atoms with Crippen molar-refractivity contribution in [1.82, 2.24) is 4.90 Å². The minimum Gasteiger partial charge on any atom is -0.465 e. The summed E-state index contributed by atoms with van der Waals surface area (Å²) < 4.78 is 5.08. The van der Waals surface area contributed by atoms with Crippen molar-refractivity contribution in [2.45, 2.75) is 43.0 Å². The average molecular weight is 496 g/mol. The molecule has 6 nitrogen and oxygen atoms in total. The van der Waals surface area contributed by atoms with Crippen LogP contribution in [-0.4, -0.2) is 35.7 Å². The average Bonchev–Trinajstić information content (AvgIpc) is 3.20. The van der Waals surface area contributed by atoms with Crippen molar-refractivity contribution in [3.05, 3.63) is 76.2 Å². The molecule has 178 valence electrons. The highest BCUT2D eigenvalue weighted by Crippen LogP contribution is 2.38. The van der Waals surface area contributed by atoms with E-state index in [2.05, 4.69) is 22.3 Å². The van der Waals surface area contributed by atoms with Crippen LogP contribution in [-0.2, 0) is 29.0 Å². The van der Waals surface area contributed by atoms with Crippen LogP contribution in [0, 0.1) is 0 Å². The Labute approximate surface area is 208 Å². The first-order valence-electron chi connectivity index (χ1n) is 11.3. The number of amides is 1. The summed E-state index contributed by atoms with van der Waals surface area (Å²) in [6.07, 6.45) is 1.40. The van der Waals surface area contributed by atoms with Gasteiger partial charge in [-0.2, -0.15) is 0 Å². The zero-order chi connectivity index (χ0) is 24.1. The lowest BCUT2D eigenvalue weighted by atomic mass is 10.0. The summed E-state index contributed by atoms with van der Waals surface area (Å²) in [6.45, 7) is 4.42. The quantitative estimate of drug-likeness (QED) is 0.254. The Morgan fingerprint density at radius 1 is 1.18 bits per heavy atom. The van der Waals surface area contributed by atoms with E-state index in [1.807, 2.05) is 49.4 Å². The summed E-state index contributed by atoms with van der Waals surface area (Å²) >= 11 is 2.98. The second-order valence-corrected chi connectivity index (χ2v) is 10.6. The molecule has 0 saturated carbocycles. The van der Waals surface area contributed by atoms with Crippen LogP contribution in [0.1, 0.15) is 39.7 Å². The SMILES string of the molecule is CCC(Sc1ccc(N)cc1)C(=O)Nc1sc2c(c1C(=O)OC)CCN(Cc1ccccc1)C2. The largest absolute Gasteiger partial charge is 0.465 e. The second-order valence-electron chi connectivity index (χ2n) is 8.22. The van der Waals surface area contributed by atoms with Gasteiger partial charge in [-0.15, -0.1) is 23.1 Å². The predicted molar refractivity (Wildman–Crippen MR) is 139 cm³/mol. The number of esters is 1. The smallest absolute Gasteiger partial charge is 0.341 e. The standard InChI is InChI=1S/C26H29N3O3S2/c1-3-21(33-19-11-9-18(27)10-12-19)24(30)28-25-23(26(31)32-2)20-13-14-29(16-22(20)34-25)15-17-7-5-4-6-8-17/h4-12,21H,3,13-16,27H2,1-2H3,(H,28,30). The van der Waals surface area contributed by atoms with E-state index in [9.17, 15) is 9.59 Å². The Morgan fingerprint density at radius 2 is 1.91 bits per heavy atom. The van der Waals surface area contributed by atoms with E-state index in [0.717, 1.165) is 41.4 Å². The Kier molecular flexibility index (Phi) is 7.92. The van der Waals surface area contributed by atoms with Gasteiger partial charge >= 0.3 is 5.97 Å². The number of thiophene rings is 1. The number of hydrogen-bond acceptors (Lipinski definition) is 7. The Balaban J connectivity index is 1.52. The van der Waals surface area contributed by atoms with E-state index in [-0.39, 0.29) is 11.2 Å². The molecule has 1 aliphatic rings. The van der Waals surface area contributed by atoms with Crippen molar-refractivity contribution in [2.24, 2.45) is 0 Å². The minimum atomic E-state index is -0.399. The number of carbonyl (C=O) groups is 2. The maximum atomic E-state index is 13.2. The Hall–Kier alpha value is -2.81. The van der Waals surface area contributed by atoms with Gasteiger partial charge in [-0.05, 0) is 48.2 Å². The van der Waals surface area contributed by atoms with Crippen LogP contribution in [0.4, 0.5) is 10.7 Å². The molecule has 1 amide bonds. The van der Waals surface area contributed by atoms with Crippen LogP contribution >= 0.6 is 23.1 Å². The number of rotatable bonds is 8. The monoisotopic (exact) mass is 495 g/mol. The highest BCUT2D eigenvalue weighted by molar-refractivity contribution is 8.00. The lowest BCUT2D eigenvalue weighted by Gasteiger charge is -2.27. The molecule has 1 atom stereocenters. The topological polar surface area (TPSA) is 84.7 Å². The van der Waals surface area contributed by atoms with Gasteiger partial charge in [0.1, 0.15) is 5.00 Å². The van der Waals surface area contributed by atoms with E-state index < -0.39 is 5.97 Å². The number of nitrogen functional groups attached to an aromatic ring is 1. The minimum absolute atomic E-state index is 0.116. The van der Waals surface area contributed by atoms with E-state index in [0.29, 0.717) is 22.7 Å². The van der Waals surface area contributed by atoms with Crippen molar-refractivity contribution < 1.29 is 14.3 Å². The normalized spacial score (nSPS) is 14.3. The lowest BCUT2D eigenvalue weighted by molar-refractivity contribution is -0.115. The summed E-state index contributed by atoms with van der Waals surface area (Å²) in [5.41, 5.74) is 9.22. The molecule has 0 fully saturated rings. The second kappa shape index (κ2) is 11.1. The number of carbonyl (C=O) groups excluding carboxylic acids is 2. The molecule has 0 bridgehead atoms. The van der Waals surface area contributed by atoms with Gasteiger partial charge in [-0.25, -0.2) is 4.79 Å². The molecule has 0 saturated heterocycles. The molecule has 0 aliphatic carbocycles. The van der Waals surface area contributed by atoms with Gasteiger partial charge in [-0.1, -0.05) is 37.3 Å². The highest BCUT2D eigenvalue weighted by atomic mass is 32.2. The molecular formula is C26H29N3O3S2. The maximum Gasteiger partial charge on any atom is 0.341 e. The van der Waals surface area contributed by atoms with Gasteiger partial charge in [0.25, 0.3) is 0 Å². The number of nitrogens with one attached hydrogen (secondary N) is 1. The van der Waals surface area contributed by atoms with E-state index >= 15 is 0 Å². The third kappa shape index (κ3) is 5.63. The molecule has 34 heavy (non-hydrogen) atoms. The number of thioether (sulfide) groups is 1. The van der Waals surface area contributed by atoms with E-state index in [1.165, 1.54) is 35.8 Å². The van der Waals surface area contributed by atoms with Crippen LogP contribution < -0.4 is 11.1 Å². The summed E-state index contributed by atoms with van der Waals surface area (Å²) in [6, 6.07) is 17.9. The number of nitrogens with two attached hydrogens (primary N) is 1. The van der Waals surface area contributed by atoms with Crippen LogP contribution in [0.15, 0.2) is 59.5 Å². The van der Waals surface area contributed by atoms with E-state index in [1.54, 1.807) is 0 Å². The molecular weight excluding hydrogens is 466 g/mol. The highest BCUT2D eigenvalue weighted by Gasteiger charge is 2.30. The number of benzene rings is 2. The van der Waals surface area contributed by atoms with Crippen LogP contribution in [0.3, 0.4) is 0 Å². The number of methoxy groups -OCH3 is 1. The van der Waals surface area contributed by atoms with Crippen molar-refractivity contribution in [3.8, 4) is 0 Å². The maximum absolute atomic E-state index is 13.2. The molecule has 3 N–H and O–H groups in total. The zero-order valence-corrected chi connectivity index (χ0v) is 21.0. The summed E-state index contributed by atoms with van der Waals surface area (Å²) in [5, 5.41) is 3.34. The molecule has 1 unspecified atom stereocenters. The van der Waals surface area contributed by atoms with Crippen molar-refractivity contribution in [1.29, 1.82) is 0 Å². The Bertz CT molecular complexity index is 1150. The molecule has 3 aromatic rings. The number of nitrogens with zero attached hydrogens (tertiary/aromatic N) is 1. The van der Waals surface area contributed by atoms with Crippen molar-refractivity contribution in [2.75, 3.05) is 24.7 Å². The molecule has 0 spiro atoms. The van der Waals surface area contributed by atoms with Crippen molar-refractivity contribution in [3.63, 3.8) is 0 Å². The number of anilines is 2. The summed E-state index contributed by atoms with van der Waals surface area (Å²) in [5.74, 6) is -0.516. The first-order chi connectivity index (χ1) is 16.5. The first-order valence-corrected chi connectivity index (χ1v) is 13.0. The molecule has 2 aromatic carbocycles. The summed E-state index contributed by atoms with van der Waals surface area (Å²) in [4.78, 5) is 30.3. The number of ether oxygens (including phenoxy) is 1. The third-order valence-electron chi connectivity index (χ3n) is 5.83. The molecule has 0 radical (unpaired) electrons. The fraction of sp³-hybridized carbons (Fsp3) is 0.308. The number of hydrogen-bond donors (Lipinski definition) is 2. The van der Waals surface area contributed by atoms with Gasteiger partial charge in [0.2, 0.25) is 5.91 Å². The van der Waals surface area contributed by atoms with E-state index in [4.69, 9.17) is 10.5 Å². The van der Waals surface area contributed by atoms with Gasteiger partial charge in [0, 0.05) is 35.1 Å². The summed E-state index contributed by atoms with van der Waals surface area (Å²) in [7, 11) is 1.38. The third-order valence-corrected chi connectivity index (χ3v) is 8.34. The van der Waals surface area contributed by atoms with Crippen LogP contribution in [0.25, 0.3) is 0 Å². The zero-order valence-electron chi connectivity index (χ0n) is 19.4. The molecule has 1 aromatic heterocycles. The van der Waals surface area contributed by atoms with Gasteiger partial charge in [-0.3, -0.25) is 9.69 Å². The van der Waals surface area contributed by atoms with Crippen molar-refractivity contribution >= 4 is 45.7 Å². The predicted octanol–water partition coefficient (Wildman–Crippen LogP) is 5.18. The molecule has 8 heteroatoms. The lowest BCUT2D eigenvalue weighted by Crippen LogP contribution is -2.30. The van der Waals surface area contributed by atoms with Crippen LogP contribution in [0.5, 0.6) is 0 Å².